The zero-order valence-electron chi connectivity index (χ0n) is 11.5. The Bertz CT molecular complexity index is 361. The third-order valence-electron chi connectivity index (χ3n) is 3.72. The van der Waals surface area contributed by atoms with Crippen molar-refractivity contribution in [2.75, 3.05) is 32.1 Å². The van der Waals surface area contributed by atoms with E-state index in [-0.39, 0.29) is 0 Å². The summed E-state index contributed by atoms with van der Waals surface area (Å²) in [5, 5.41) is 3.60. The van der Waals surface area contributed by atoms with Gasteiger partial charge in [-0.2, -0.15) is 0 Å². The Morgan fingerprint density at radius 1 is 1.33 bits per heavy atom. The lowest BCUT2D eigenvalue weighted by molar-refractivity contribution is 0.383. The Morgan fingerprint density at radius 2 is 2.17 bits per heavy atom. The van der Waals surface area contributed by atoms with Gasteiger partial charge in [-0.1, -0.05) is 18.6 Å². The molecule has 3 nitrogen and oxygen atoms in total. The minimum Gasteiger partial charge on any atom is -0.495 e. The molecule has 0 saturated carbocycles. The lowest BCUT2D eigenvalue weighted by atomic mass is 10.0. The van der Waals surface area contributed by atoms with Gasteiger partial charge >= 0.3 is 0 Å². The summed E-state index contributed by atoms with van der Waals surface area (Å²) < 4.78 is 5.40. The highest BCUT2D eigenvalue weighted by Gasteiger charge is 2.14. The summed E-state index contributed by atoms with van der Waals surface area (Å²) in [6.07, 6.45) is 5.23. The maximum absolute atomic E-state index is 5.40. The van der Waals surface area contributed by atoms with Crippen LogP contribution in [0.15, 0.2) is 24.3 Å². The van der Waals surface area contributed by atoms with E-state index in [0.717, 1.165) is 12.3 Å². The number of benzene rings is 1. The van der Waals surface area contributed by atoms with E-state index in [2.05, 4.69) is 29.4 Å². The summed E-state index contributed by atoms with van der Waals surface area (Å²) in [6.45, 7) is 2.25. The minimum absolute atomic E-state index is 0.691. The number of ether oxygens (including phenoxy) is 1. The SMILES string of the molecule is COc1ccccc1N(C)CCC1CCCCN1. The van der Waals surface area contributed by atoms with Crippen molar-refractivity contribution in [3.8, 4) is 5.75 Å². The molecule has 1 saturated heterocycles. The van der Waals surface area contributed by atoms with Crippen LogP contribution >= 0.6 is 0 Å². The van der Waals surface area contributed by atoms with E-state index in [1.54, 1.807) is 7.11 Å². The molecule has 1 aromatic rings. The number of piperidine rings is 1. The van der Waals surface area contributed by atoms with Crippen molar-refractivity contribution in [1.82, 2.24) is 5.32 Å². The van der Waals surface area contributed by atoms with Gasteiger partial charge in [0, 0.05) is 19.6 Å². The van der Waals surface area contributed by atoms with Crippen molar-refractivity contribution in [3.05, 3.63) is 24.3 Å². The van der Waals surface area contributed by atoms with Crippen LogP contribution in [0, 0.1) is 0 Å². The van der Waals surface area contributed by atoms with Crippen LogP contribution in [0.5, 0.6) is 5.75 Å². The summed E-state index contributed by atoms with van der Waals surface area (Å²) >= 11 is 0. The number of para-hydroxylation sites is 2. The zero-order chi connectivity index (χ0) is 12.8. The summed E-state index contributed by atoms with van der Waals surface area (Å²) in [6, 6.07) is 8.90. The monoisotopic (exact) mass is 248 g/mol. The molecule has 0 aliphatic carbocycles. The Labute approximate surface area is 110 Å². The van der Waals surface area contributed by atoms with Crippen LogP contribution in [0.2, 0.25) is 0 Å². The third-order valence-corrected chi connectivity index (χ3v) is 3.72. The molecule has 100 valence electrons. The minimum atomic E-state index is 0.691. The maximum atomic E-state index is 5.40. The van der Waals surface area contributed by atoms with Crippen LogP contribution in [-0.4, -0.2) is 33.3 Å². The van der Waals surface area contributed by atoms with Crippen molar-refractivity contribution in [3.63, 3.8) is 0 Å². The number of rotatable bonds is 5. The fourth-order valence-corrected chi connectivity index (χ4v) is 2.59. The molecule has 0 amide bonds. The van der Waals surface area contributed by atoms with E-state index >= 15 is 0 Å². The predicted molar refractivity (Wildman–Crippen MR) is 76.5 cm³/mol. The largest absolute Gasteiger partial charge is 0.495 e. The van der Waals surface area contributed by atoms with E-state index in [1.165, 1.54) is 37.9 Å². The van der Waals surface area contributed by atoms with Gasteiger partial charge in [-0.15, -0.1) is 0 Å². The van der Waals surface area contributed by atoms with Crippen LogP contribution in [0.25, 0.3) is 0 Å². The van der Waals surface area contributed by atoms with Gasteiger partial charge in [0.2, 0.25) is 0 Å². The van der Waals surface area contributed by atoms with E-state index in [4.69, 9.17) is 4.74 Å². The first-order chi connectivity index (χ1) is 8.81. The number of hydrogen-bond donors (Lipinski definition) is 1. The first-order valence-corrected chi connectivity index (χ1v) is 6.89. The van der Waals surface area contributed by atoms with Crippen LogP contribution in [-0.2, 0) is 0 Å². The highest BCUT2D eigenvalue weighted by molar-refractivity contribution is 5.57. The number of methoxy groups -OCH3 is 1. The molecule has 1 fully saturated rings. The van der Waals surface area contributed by atoms with Gasteiger partial charge < -0.3 is 15.0 Å². The van der Waals surface area contributed by atoms with E-state index < -0.39 is 0 Å². The second-order valence-corrected chi connectivity index (χ2v) is 5.03. The lowest BCUT2D eigenvalue weighted by Crippen LogP contribution is -2.36. The fourth-order valence-electron chi connectivity index (χ4n) is 2.59. The molecule has 1 heterocycles. The van der Waals surface area contributed by atoms with Gasteiger partial charge in [0.25, 0.3) is 0 Å². The zero-order valence-corrected chi connectivity index (χ0v) is 11.5. The lowest BCUT2D eigenvalue weighted by Gasteiger charge is -2.27. The van der Waals surface area contributed by atoms with Gasteiger partial charge in [0.1, 0.15) is 5.75 Å². The van der Waals surface area contributed by atoms with Crippen LogP contribution < -0.4 is 15.0 Å². The number of nitrogens with zero attached hydrogens (tertiary/aromatic N) is 1. The van der Waals surface area contributed by atoms with Crippen molar-refractivity contribution >= 4 is 5.69 Å². The molecular weight excluding hydrogens is 224 g/mol. The molecule has 1 atom stereocenters. The van der Waals surface area contributed by atoms with Gasteiger partial charge in [-0.25, -0.2) is 0 Å². The Hall–Kier alpha value is -1.22. The van der Waals surface area contributed by atoms with Crippen LogP contribution in [0.1, 0.15) is 25.7 Å². The molecule has 1 unspecified atom stereocenters. The van der Waals surface area contributed by atoms with Crippen molar-refractivity contribution < 1.29 is 4.74 Å². The van der Waals surface area contributed by atoms with Gasteiger partial charge in [-0.05, 0) is 37.9 Å². The summed E-state index contributed by atoms with van der Waals surface area (Å²) in [5.41, 5.74) is 1.18. The number of hydrogen-bond acceptors (Lipinski definition) is 3. The second-order valence-electron chi connectivity index (χ2n) is 5.03. The van der Waals surface area contributed by atoms with Crippen LogP contribution in [0.3, 0.4) is 0 Å². The Kier molecular flexibility index (Phi) is 4.88. The fraction of sp³-hybridized carbons (Fsp3) is 0.600. The van der Waals surface area contributed by atoms with Crippen molar-refractivity contribution in [2.24, 2.45) is 0 Å². The Morgan fingerprint density at radius 3 is 2.89 bits per heavy atom. The molecule has 0 bridgehead atoms. The first-order valence-electron chi connectivity index (χ1n) is 6.89. The first kappa shape index (κ1) is 13.2. The molecule has 1 aromatic carbocycles. The van der Waals surface area contributed by atoms with Gasteiger partial charge in [-0.3, -0.25) is 0 Å². The highest BCUT2D eigenvalue weighted by atomic mass is 16.5. The smallest absolute Gasteiger partial charge is 0.142 e. The normalized spacial score (nSPS) is 19.6. The molecule has 1 aliphatic heterocycles. The van der Waals surface area contributed by atoms with Crippen molar-refractivity contribution in [1.29, 1.82) is 0 Å². The molecule has 0 spiro atoms. The Balaban J connectivity index is 1.88. The second kappa shape index (κ2) is 6.64. The van der Waals surface area contributed by atoms with Crippen LogP contribution in [0.4, 0.5) is 5.69 Å². The quantitative estimate of drug-likeness (QED) is 0.867. The van der Waals surface area contributed by atoms with Gasteiger partial charge in [0.05, 0.1) is 12.8 Å². The van der Waals surface area contributed by atoms with E-state index in [1.807, 2.05) is 12.1 Å². The predicted octanol–water partition coefficient (Wildman–Crippen LogP) is 2.66. The number of anilines is 1. The standard InChI is InChI=1S/C15H24N2O/c1-17(12-10-13-7-5-6-11-16-13)14-8-3-4-9-15(14)18-2/h3-4,8-9,13,16H,5-7,10-12H2,1-2H3. The van der Waals surface area contributed by atoms with E-state index in [0.29, 0.717) is 6.04 Å². The molecule has 0 aromatic heterocycles. The molecule has 1 N–H and O–H groups in total. The molecule has 2 rings (SSSR count). The van der Waals surface area contributed by atoms with E-state index in [9.17, 15) is 0 Å². The average Bonchev–Trinajstić information content (AvgIpc) is 2.45. The molecule has 18 heavy (non-hydrogen) atoms. The average molecular weight is 248 g/mol. The number of nitrogens with one attached hydrogen (secondary N) is 1. The summed E-state index contributed by atoms with van der Waals surface area (Å²) in [4.78, 5) is 2.29. The summed E-state index contributed by atoms with van der Waals surface area (Å²) in [7, 11) is 3.87. The van der Waals surface area contributed by atoms with Gasteiger partial charge in [0.15, 0.2) is 0 Å². The molecule has 1 aliphatic rings. The topological polar surface area (TPSA) is 24.5 Å². The highest BCUT2D eigenvalue weighted by Crippen LogP contribution is 2.26. The maximum Gasteiger partial charge on any atom is 0.142 e. The third kappa shape index (κ3) is 3.39. The summed E-state index contributed by atoms with van der Waals surface area (Å²) in [5.74, 6) is 0.955. The molecule has 3 heteroatoms. The molecule has 0 radical (unpaired) electrons. The molecular formula is C15H24N2O. The van der Waals surface area contributed by atoms with Crippen molar-refractivity contribution in [2.45, 2.75) is 31.7 Å².